The normalized spacial score (nSPS) is 30.5. The Balaban J connectivity index is 1.94. The highest BCUT2D eigenvalue weighted by atomic mass is 16.4. The van der Waals surface area contributed by atoms with Gasteiger partial charge in [-0.3, -0.25) is 4.79 Å². The molecule has 0 saturated carbocycles. The van der Waals surface area contributed by atoms with Gasteiger partial charge in [0.2, 0.25) is 0 Å². The lowest BCUT2D eigenvalue weighted by Crippen LogP contribution is -2.50. The fraction of sp³-hybridized carbons (Fsp3) is 0.846. The number of likely N-dealkylation sites (tertiary alicyclic amines) is 2. The van der Waals surface area contributed by atoms with Crippen molar-refractivity contribution in [3.05, 3.63) is 0 Å². The number of nitrogens with zero attached hydrogens (tertiary/aromatic N) is 2. The van der Waals surface area contributed by atoms with Crippen LogP contribution in [0.5, 0.6) is 0 Å². The second-order valence-electron chi connectivity index (χ2n) is 6.30. The van der Waals surface area contributed by atoms with Gasteiger partial charge in [-0.15, -0.1) is 0 Å². The minimum atomic E-state index is -0.843. The average molecular weight is 270 g/mol. The molecule has 2 amide bonds. The van der Waals surface area contributed by atoms with Crippen molar-refractivity contribution in [3.63, 3.8) is 0 Å². The van der Waals surface area contributed by atoms with Crippen molar-refractivity contribution in [2.75, 3.05) is 26.2 Å². The third-order valence-electron chi connectivity index (χ3n) is 4.37. The van der Waals surface area contributed by atoms with Gasteiger partial charge in [0.25, 0.3) is 0 Å². The molecular formula is C13H22N2O4. The Hall–Kier alpha value is -1.30. The molecule has 0 spiro atoms. The molecule has 19 heavy (non-hydrogen) atoms. The van der Waals surface area contributed by atoms with Crippen LogP contribution in [0.2, 0.25) is 0 Å². The van der Waals surface area contributed by atoms with Crippen LogP contribution in [0.3, 0.4) is 0 Å². The van der Waals surface area contributed by atoms with Crippen LogP contribution in [0.4, 0.5) is 4.79 Å². The zero-order chi connectivity index (χ0) is 14.3. The standard InChI is InChI=1S/C13H22N2O4/c1-12(10(16)17)3-6-15(9-12)11(18)14-7-4-13(2,19)5-8-14/h19H,3-9H2,1-2H3,(H,16,17). The second-order valence-corrected chi connectivity index (χ2v) is 6.30. The Bertz CT molecular complexity index is 386. The van der Waals surface area contributed by atoms with Gasteiger partial charge in [0, 0.05) is 26.2 Å². The van der Waals surface area contributed by atoms with Gasteiger partial charge in [-0.2, -0.15) is 0 Å². The summed E-state index contributed by atoms with van der Waals surface area (Å²) in [6, 6.07) is -0.0968. The number of hydrogen-bond donors (Lipinski definition) is 2. The van der Waals surface area contributed by atoms with Crippen LogP contribution in [0.15, 0.2) is 0 Å². The number of carboxylic acid groups (broad SMARTS) is 1. The van der Waals surface area contributed by atoms with Gasteiger partial charge in [0.1, 0.15) is 0 Å². The maximum absolute atomic E-state index is 12.3. The van der Waals surface area contributed by atoms with E-state index in [2.05, 4.69) is 0 Å². The van der Waals surface area contributed by atoms with E-state index in [0.29, 0.717) is 38.9 Å². The van der Waals surface area contributed by atoms with Crippen molar-refractivity contribution < 1.29 is 19.8 Å². The first-order valence-corrected chi connectivity index (χ1v) is 6.73. The summed E-state index contributed by atoms with van der Waals surface area (Å²) in [5.74, 6) is -0.843. The third kappa shape index (κ3) is 2.83. The van der Waals surface area contributed by atoms with E-state index in [4.69, 9.17) is 5.11 Å². The molecule has 2 heterocycles. The fourth-order valence-corrected chi connectivity index (χ4v) is 2.68. The van der Waals surface area contributed by atoms with Gasteiger partial charge in [0.15, 0.2) is 0 Å². The molecule has 1 atom stereocenters. The SMILES string of the molecule is CC1(O)CCN(C(=O)N2CCC(C)(C(=O)O)C2)CC1. The molecule has 6 nitrogen and oxygen atoms in total. The number of urea groups is 1. The summed E-state index contributed by atoms with van der Waals surface area (Å²) in [6.07, 6.45) is 1.64. The number of aliphatic carboxylic acids is 1. The molecule has 0 aromatic heterocycles. The van der Waals surface area contributed by atoms with Crippen molar-refractivity contribution >= 4 is 12.0 Å². The van der Waals surface area contributed by atoms with E-state index < -0.39 is 17.0 Å². The van der Waals surface area contributed by atoms with E-state index in [1.165, 1.54) is 0 Å². The number of piperidine rings is 1. The second kappa shape index (κ2) is 4.67. The van der Waals surface area contributed by atoms with Crippen LogP contribution < -0.4 is 0 Å². The number of carbonyl (C=O) groups excluding carboxylic acids is 1. The van der Waals surface area contributed by atoms with Crippen LogP contribution in [0.1, 0.15) is 33.1 Å². The van der Waals surface area contributed by atoms with Crippen molar-refractivity contribution in [2.24, 2.45) is 5.41 Å². The van der Waals surface area contributed by atoms with Gasteiger partial charge in [-0.1, -0.05) is 0 Å². The summed E-state index contributed by atoms with van der Waals surface area (Å²) in [4.78, 5) is 26.8. The molecule has 0 bridgehead atoms. The number of amides is 2. The van der Waals surface area contributed by atoms with E-state index in [1.807, 2.05) is 0 Å². The van der Waals surface area contributed by atoms with Gasteiger partial charge >= 0.3 is 12.0 Å². The summed E-state index contributed by atoms with van der Waals surface area (Å²) < 4.78 is 0. The van der Waals surface area contributed by atoms with Crippen molar-refractivity contribution in [3.8, 4) is 0 Å². The van der Waals surface area contributed by atoms with Gasteiger partial charge in [0.05, 0.1) is 11.0 Å². The number of carboxylic acids is 1. The van der Waals surface area contributed by atoms with Crippen LogP contribution in [0, 0.1) is 5.41 Å². The molecule has 0 aromatic carbocycles. The first-order valence-electron chi connectivity index (χ1n) is 6.73. The zero-order valence-electron chi connectivity index (χ0n) is 11.6. The summed E-state index contributed by atoms with van der Waals surface area (Å²) in [5, 5.41) is 19.0. The van der Waals surface area contributed by atoms with Gasteiger partial charge < -0.3 is 20.0 Å². The largest absolute Gasteiger partial charge is 0.481 e. The van der Waals surface area contributed by atoms with Crippen LogP contribution in [0.25, 0.3) is 0 Å². The number of aliphatic hydroxyl groups is 1. The maximum Gasteiger partial charge on any atom is 0.320 e. The predicted octanol–water partition coefficient (Wildman–Crippen LogP) is 0.750. The van der Waals surface area contributed by atoms with Crippen LogP contribution in [-0.2, 0) is 4.79 Å². The topological polar surface area (TPSA) is 81.1 Å². The van der Waals surface area contributed by atoms with Gasteiger partial charge in [-0.25, -0.2) is 4.79 Å². The molecule has 2 N–H and O–H groups in total. The highest BCUT2D eigenvalue weighted by Crippen LogP contribution is 2.31. The van der Waals surface area contributed by atoms with E-state index in [0.717, 1.165) is 0 Å². The molecule has 0 aromatic rings. The molecule has 2 rings (SSSR count). The smallest absolute Gasteiger partial charge is 0.320 e. The molecular weight excluding hydrogens is 248 g/mol. The molecule has 2 aliphatic heterocycles. The Morgan fingerprint density at radius 1 is 1.00 bits per heavy atom. The lowest BCUT2D eigenvalue weighted by atomic mass is 9.90. The van der Waals surface area contributed by atoms with Crippen molar-refractivity contribution in [2.45, 2.75) is 38.7 Å². The number of hydrogen-bond acceptors (Lipinski definition) is 3. The zero-order valence-corrected chi connectivity index (χ0v) is 11.6. The van der Waals surface area contributed by atoms with Crippen molar-refractivity contribution in [1.82, 2.24) is 9.80 Å². The first kappa shape index (κ1) is 14.1. The molecule has 108 valence electrons. The molecule has 2 aliphatic rings. The fourth-order valence-electron chi connectivity index (χ4n) is 2.68. The lowest BCUT2D eigenvalue weighted by molar-refractivity contribution is -0.147. The molecule has 0 radical (unpaired) electrons. The summed E-state index contributed by atoms with van der Waals surface area (Å²) in [6.45, 7) is 5.30. The Labute approximate surface area is 113 Å². The lowest BCUT2D eigenvalue weighted by Gasteiger charge is -2.37. The average Bonchev–Trinajstić information content (AvgIpc) is 2.72. The van der Waals surface area contributed by atoms with Crippen LogP contribution in [-0.4, -0.2) is 63.8 Å². The number of carbonyl (C=O) groups is 2. The van der Waals surface area contributed by atoms with E-state index in [1.54, 1.807) is 23.6 Å². The van der Waals surface area contributed by atoms with Gasteiger partial charge in [-0.05, 0) is 33.1 Å². The summed E-state index contributed by atoms with van der Waals surface area (Å²) in [7, 11) is 0. The molecule has 0 aliphatic carbocycles. The quantitative estimate of drug-likeness (QED) is 0.736. The first-order chi connectivity index (χ1) is 8.73. The Kier molecular flexibility index (Phi) is 3.47. The van der Waals surface area contributed by atoms with E-state index in [-0.39, 0.29) is 12.6 Å². The maximum atomic E-state index is 12.3. The molecule has 2 saturated heterocycles. The van der Waals surface area contributed by atoms with Crippen LogP contribution >= 0.6 is 0 Å². The van der Waals surface area contributed by atoms with E-state index in [9.17, 15) is 14.7 Å². The predicted molar refractivity (Wildman–Crippen MR) is 68.8 cm³/mol. The minimum absolute atomic E-state index is 0.0968. The Morgan fingerprint density at radius 2 is 1.53 bits per heavy atom. The minimum Gasteiger partial charge on any atom is -0.481 e. The number of rotatable bonds is 1. The molecule has 1 unspecified atom stereocenters. The monoisotopic (exact) mass is 270 g/mol. The van der Waals surface area contributed by atoms with Crippen molar-refractivity contribution in [1.29, 1.82) is 0 Å². The third-order valence-corrected chi connectivity index (χ3v) is 4.37. The summed E-state index contributed by atoms with van der Waals surface area (Å²) >= 11 is 0. The van der Waals surface area contributed by atoms with E-state index >= 15 is 0 Å². The molecule has 2 fully saturated rings. The molecule has 6 heteroatoms. The summed E-state index contributed by atoms with van der Waals surface area (Å²) in [5.41, 5.74) is -1.51. The Morgan fingerprint density at radius 3 is 2.00 bits per heavy atom. The highest BCUT2D eigenvalue weighted by Gasteiger charge is 2.43. The highest BCUT2D eigenvalue weighted by molar-refractivity contribution is 5.79.